The van der Waals surface area contributed by atoms with Gasteiger partial charge in [0.1, 0.15) is 0 Å². The van der Waals surface area contributed by atoms with Crippen LogP contribution in [0, 0.1) is 23.7 Å². The lowest BCUT2D eigenvalue weighted by Gasteiger charge is -2.49. The van der Waals surface area contributed by atoms with Gasteiger partial charge in [-0.25, -0.2) is 0 Å². The minimum atomic E-state index is -0.346. The van der Waals surface area contributed by atoms with Crippen molar-refractivity contribution in [1.29, 1.82) is 0 Å². The lowest BCUT2D eigenvalue weighted by molar-refractivity contribution is -0.0382. The third-order valence-electron chi connectivity index (χ3n) is 4.17. The molecule has 4 rings (SSSR count). The van der Waals surface area contributed by atoms with Crippen LogP contribution in [0.15, 0.2) is 24.3 Å². The molecule has 0 radical (unpaired) electrons. The highest BCUT2D eigenvalue weighted by molar-refractivity contribution is 5.19. The molecule has 2 bridgehead atoms. The molecule has 76 valence electrons. The first-order valence-electron chi connectivity index (χ1n) is 5.50. The highest BCUT2D eigenvalue weighted by Crippen LogP contribution is 2.49. The molecule has 0 unspecified atom stereocenters. The van der Waals surface area contributed by atoms with Gasteiger partial charge >= 0.3 is 0 Å². The summed E-state index contributed by atoms with van der Waals surface area (Å²) in [5.74, 6) is 1.50. The van der Waals surface area contributed by atoms with Crippen LogP contribution in [0.3, 0.4) is 0 Å². The highest BCUT2D eigenvalue weighted by Gasteiger charge is 2.47. The second-order valence-electron chi connectivity index (χ2n) is 4.81. The molecule has 0 aliphatic heterocycles. The van der Waals surface area contributed by atoms with Crippen LogP contribution in [0.2, 0.25) is 0 Å². The summed E-state index contributed by atoms with van der Waals surface area (Å²) >= 11 is 0. The van der Waals surface area contributed by atoms with Gasteiger partial charge in [0, 0.05) is 11.8 Å². The number of hydrogen-bond donors (Lipinski definition) is 2. The summed E-state index contributed by atoms with van der Waals surface area (Å²) in [5.41, 5.74) is 0. The third-order valence-corrected chi connectivity index (χ3v) is 4.17. The molecule has 2 heteroatoms. The number of rotatable bonds is 0. The van der Waals surface area contributed by atoms with Gasteiger partial charge in [0.25, 0.3) is 0 Å². The Morgan fingerprint density at radius 1 is 0.714 bits per heavy atom. The van der Waals surface area contributed by atoms with E-state index in [1.54, 1.807) is 12.2 Å². The van der Waals surface area contributed by atoms with Crippen LogP contribution in [0.25, 0.3) is 0 Å². The van der Waals surface area contributed by atoms with Crippen LogP contribution >= 0.6 is 0 Å². The molecule has 0 spiro atoms. The quantitative estimate of drug-likeness (QED) is 0.564. The van der Waals surface area contributed by atoms with E-state index < -0.39 is 0 Å². The largest absolute Gasteiger partial charge is 0.389 e. The fourth-order valence-corrected chi connectivity index (χ4v) is 3.52. The first kappa shape index (κ1) is 8.69. The van der Waals surface area contributed by atoms with E-state index in [2.05, 4.69) is 12.2 Å². The summed E-state index contributed by atoms with van der Waals surface area (Å²) in [6, 6.07) is 0. The molecule has 0 aromatic heterocycles. The van der Waals surface area contributed by atoms with Gasteiger partial charge in [0.05, 0.1) is 12.2 Å². The van der Waals surface area contributed by atoms with Crippen LogP contribution < -0.4 is 0 Å². The molecule has 2 nitrogen and oxygen atoms in total. The van der Waals surface area contributed by atoms with Gasteiger partial charge in [-0.05, 0) is 24.7 Å². The fourth-order valence-electron chi connectivity index (χ4n) is 3.52. The van der Waals surface area contributed by atoms with Crippen molar-refractivity contribution in [1.82, 2.24) is 0 Å². The zero-order valence-electron chi connectivity index (χ0n) is 8.08. The van der Waals surface area contributed by atoms with E-state index in [1.165, 1.54) is 12.8 Å². The molecule has 0 saturated heterocycles. The molecule has 0 amide bonds. The van der Waals surface area contributed by atoms with Gasteiger partial charge in [-0.1, -0.05) is 24.3 Å². The molecule has 14 heavy (non-hydrogen) atoms. The zero-order chi connectivity index (χ0) is 9.71. The summed E-state index contributed by atoms with van der Waals surface area (Å²) in [5, 5.41) is 19.8. The predicted molar refractivity (Wildman–Crippen MR) is 53.5 cm³/mol. The molecular weight excluding hydrogens is 176 g/mol. The van der Waals surface area contributed by atoms with Crippen LogP contribution in [0.5, 0.6) is 0 Å². The maximum Gasteiger partial charge on any atom is 0.0759 e. The number of aliphatic hydroxyl groups is 2. The second kappa shape index (κ2) is 2.94. The van der Waals surface area contributed by atoms with Gasteiger partial charge in [-0.3, -0.25) is 0 Å². The van der Waals surface area contributed by atoms with Crippen molar-refractivity contribution in [3.63, 3.8) is 0 Å². The standard InChI is InChI=1S/C12H16O2/c13-9-5-6-10(14)12-8-2-1-7(3-4-8)11(9)12/h1-2,5-14H,3-4H2/t7-,8+,9+,10-,11+,12-. The number of allylic oxidation sites excluding steroid dienone is 2. The SMILES string of the molecule is O[C@@H]1C=C[C@H](O)[C@H]2[C@@H]1[C@H]1C=C[C@@H]2CC1. The maximum atomic E-state index is 9.91. The molecule has 2 N–H and O–H groups in total. The Morgan fingerprint density at radius 3 is 1.50 bits per heavy atom. The first-order valence-corrected chi connectivity index (χ1v) is 5.50. The van der Waals surface area contributed by atoms with Crippen molar-refractivity contribution in [3.8, 4) is 0 Å². The lowest BCUT2D eigenvalue weighted by Crippen LogP contribution is -2.49. The average Bonchev–Trinajstić information content (AvgIpc) is 2.25. The van der Waals surface area contributed by atoms with E-state index in [0.717, 1.165) is 0 Å². The topological polar surface area (TPSA) is 40.5 Å². The number of hydrogen-bond acceptors (Lipinski definition) is 2. The van der Waals surface area contributed by atoms with Crippen molar-refractivity contribution in [3.05, 3.63) is 24.3 Å². The Bertz CT molecular complexity index is 265. The number of aliphatic hydroxyl groups excluding tert-OH is 2. The van der Waals surface area contributed by atoms with Crippen LogP contribution in [-0.4, -0.2) is 22.4 Å². The van der Waals surface area contributed by atoms with E-state index >= 15 is 0 Å². The van der Waals surface area contributed by atoms with Gasteiger partial charge in [-0.15, -0.1) is 0 Å². The van der Waals surface area contributed by atoms with Crippen molar-refractivity contribution in [2.24, 2.45) is 23.7 Å². The molecular formula is C12H16O2. The van der Waals surface area contributed by atoms with Crippen molar-refractivity contribution in [2.75, 3.05) is 0 Å². The summed E-state index contributed by atoms with van der Waals surface area (Å²) in [4.78, 5) is 0. The predicted octanol–water partition coefficient (Wildman–Crippen LogP) is 1.11. The van der Waals surface area contributed by atoms with Gasteiger partial charge in [-0.2, -0.15) is 0 Å². The summed E-state index contributed by atoms with van der Waals surface area (Å²) in [6.45, 7) is 0. The zero-order valence-corrected chi connectivity index (χ0v) is 8.08. The monoisotopic (exact) mass is 192 g/mol. The molecule has 4 aliphatic rings. The minimum absolute atomic E-state index is 0.263. The molecule has 0 aromatic carbocycles. The molecule has 1 saturated carbocycles. The van der Waals surface area contributed by atoms with E-state index in [4.69, 9.17) is 0 Å². The Labute approximate surface area is 83.9 Å². The second-order valence-corrected chi connectivity index (χ2v) is 4.81. The molecule has 6 atom stereocenters. The van der Waals surface area contributed by atoms with Crippen LogP contribution in [0.4, 0.5) is 0 Å². The fraction of sp³-hybridized carbons (Fsp3) is 0.667. The van der Waals surface area contributed by atoms with E-state index in [9.17, 15) is 10.2 Å². The summed E-state index contributed by atoms with van der Waals surface area (Å²) < 4.78 is 0. The van der Waals surface area contributed by atoms with Gasteiger partial charge < -0.3 is 10.2 Å². The highest BCUT2D eigenvalue weighted by atomic mass is 16.3. The van der Waals surface area contributed by atoms with Gasteiger partial charge in [0.15, 0.2) is 0 Å². The normalized spacial score (nSPS) is 54.7. The Hall–Kier alpha value is -0.600. The summed E-state index contributed by atoms with van der Waals surface area (Å²) in [6.07, 6.45) is 9.68. The smallest absolute Gasteiger partial charge is 0.0759 e. The van der Waals surface area contributed by atoms with Crippen molar-refractivity contribution in [2.45, 2.75) is 25.0 Å². The molecule has 4 aliphatic carbocycles. The molecule has 1 fully saturated rings. The Morgan fingerprint density at radius 2 is 1.14 bits per heavy atom. The Kier molecular flexibility index (Phi) is 1.83. The van der Waals surface area contributed by atoms with Gasteiger partial charge in [0.2, 0.25) is 0 Å². The van der Waals surface area contributed by atoms with Crippen LogP contribution in [-0.2, 0) is 0 Å². The minimum Gasteiger partial charge on any atom is -0.389 e. The maximum absolute atomic E-state index is 9.91. The first-order chi connectivity index (χ1) is 6.77. The van der Waals surface area contributed by atoms with Crippen LogP contribution in [0.1, 0.15) is 12.8 Å². The third kappa shape index (κ3) is 1.04. The van der Waals surface area contributed by atoms with Crippen molar-refractivity contribution < 1.29 is 10.2 Å². The van der Waals surface area contributed by atoms with E-state index in [0.29, 0.717) is 11.8 Å². The lowest BCUT2D eigenvalue weighted by atomic mass is 9.57. The number of fused-ring (bicyclic) bond motifs is 1. The van der Waals surface area contributed by atoms with E-state index in [-0.39, 0.29) is 24.0 Å². The Balaban J connectivity index is 2.00. The van der Waals surface area contributed by atoms with Crippen molar-refractivity contribution >= 4 is 0 Å². The average molecular weight is 192 g/mol. The van der Waals surface area contributed by atoms with E-state index in [1.807, 2.05) is 0 Å². The molecule has 0 heterocycles. The molecule has 0 aromatic rings. The summed E-state index contributed by atoms with van der Waals surface area (Å²) in [7, 11) is 0.